The number of rotatable bonds is 5. The second-order valence-electron chi connectivity index (χ2n) is 8.11. The Labute approximate surface area is 196 Å². The fourth-order valence-electron chi connectivity index (χ4n) is 4.50. The first-order chi connectivity index (χ1) is 16.1. The molecule has 2 aromatic heterocycles. The number of halogens is 1. The SMILES string of the molecule is O=C(O)C(c1ccn(-c2ccccc2)n1)N1CCCN(c2c(Cl)ccc3cccnc23)CC1. The van der Waals surface area contributed by atoms with Gasteiger partial charge in [0.1, 0.15) is 0 Å². The molecular formula is C25H24ClN5O2. The minimum atomic E-state index is -0.897. The van der Waals surface area contributed by atoms with E-state index in [9.17, 15) is 9.90 Å². The summed E-state index contributed by atoms with van der Waals surface area (Å²) >= 11 is 6.59. The predicted octanol–water partition coefficient (Wildman–Crippen LogP) is 4.41. The average Bonchev–Trinajstić information content (AvgIpc) is 3.19. The lowest BCUT2D eigenvalue weighted by atomic mass is 10.1. The minimum absolute atomic E-state index is 0.532. The van der Waals surface area contributed by atoms with Gasteiger partial charge in [0.25, 0.3) is 0 Å². The number of carboxylic acids is 1. The quantitative estimate of drug-likeness (QED) is 0.474. The molecule has 1 N–H and O–H groups in total. The van der Waals surface area contributed by atoms with Crippen molar-refractivity contribution in [3.05, 3.63) is 83.8 Å². The normalized spacial score (nSPS) is 16.0. The zero-order valence-corrected chi connectivity index (χ0v) is 18.8. The molecule has 0 radical (unpaired) electrons. The summed E-state index contributed by atoms with van der Waals surface area (Å²) in [5.41, 5.74) is 3.21. The summed E-state index contributed by atoms with van der Waals surface area (Å²) in [5.74, 6) is -0.897. The lowest BCUT2D eigenvalue weighted by Crippen LogP contribution is -2.37. The Balaban J connectivity index is 1.40. The first kappa shape index (κ1) is 21.4. The summed E-state index contributed by atoms with van der Waals surface area (Å²) in [7, 11) is 0. The first-order valence-corrected chi connectivity index (χ1v) is 11.4. The summed E-state index contributed by atoms with van der Waals surface area (Å²) < 4.78 is 1.72. The fourth-order valence-corrected chi connectivity index (χ4v) is 4.78. The van der Waals surface area contributed by atoms with Gasteiger partial charge in [-0.2, -0.15) is 5.10 Å². The molecule has 0 aliphatic carbocycles. The van der Waals surface area contributed by atoms with Crippen LogP contribution >= 0.6 is 11.6 Å². The third-order valence-corrected chi connectivity index (χ3v) is 6.36. The van der Waals surface area contributed by atoms with Crippen molar-refractivity contribution >= 4 is 34.2 Å². The van der Waals surface area contributed by atoms with Gasteiger partial charge in [-0.15, -0.1) is 0 Å². The van der Waals surface area contributed by atoms with Gasteiger partial charge >= 0.3 is 5.97 Å². The molecule has 2 aromatic carbocycles. The number of carbonyl (C=O) groups is 1. The average molecular weight is 462 g/mol. The number of anilines is 1. The molecule has 33 heavy (non-hydrogen) atoms. The summed E-state index contributed by atoms with van der Waals surface area (Å²) in [4.78, 5) is 21.1. The van der Waals surface area contributed by atoms with Crippen molar-refractivity contribution in [1.29, 1.82) is 0 Å². The number of para-hydroxylation sites is 1. The summed E-state index contributed by atoms with van der Waals surface area (Å²) in [6, 6.07) is 18.5. The number of hydrogen-bond acceptors (Lipinski definition) is 5. The Bertz CT molecular complexity index is 1280. The van der Waals surface area contributed by atoms with E-state index in [0.29, 0.717) is 30.4 Å². The molecule has 0 bridgehead atoms. The van der Waals surface area contributed by atoms with Crippen molar-refractivity contribution in [3.8, 4) is 5.69 Å². The van der Waals surface area contributed by atoms with Crippen molar-refractivity contribution in [2.75, 3.05) is 31.1 Å². The number of benzene rings is 2. The lowest BCUT2D eigenvalue weighted by molar-refractivity contribution is -0.143. The van der Waals surface area contributed by atoms with Gasteiger partial charge in [0.05, 0.1) is 27.6 Å². The highest BCUT2D eigenvalue weighted by Gasteiger charge is 2.31. The van der Waals surface area contributed by atoms with Crippen molar-refractivity contribution in [2.24, 2.45) is 0 Å². The molecule has 1 saturated heterocycles. The van der Waals surface area contributed by atoms with Gasteiger partial charge in [-0.05, 0) is 36.8 Å². The standard InChI is InChI=1S/C25H24ClN5O2/c26-20-10-9-18-6-4-12-27-22(18)23(20)29-13-5-14-30(17-16-29)24(25(32)33)21-11-15-31(28-21)19-7-2-1-3-8-19/h1-4,6-12,15,24H,5,13-14,16-17H2,(H,32,33). The Morgan fingerprint density at radius 3 is 2.64 bits per heavy atom. The van der Waals surface area contributed by atoms with Gasteiger partial charge in [-0.1, -0.05) is 41.9 Å². The van der Waals surface area contributed by atoms with E-state index in [1.165, 1.54) is 0 Å². The van der Waals surface area contributed by atoms with E-state index < -0.39 is 12.0 Å². The van der Waals surface area contributed by atoms with E-state index in [1.807, 2.05) is 65.7 Å². The van der Waals surface area contributed by atoms with E-state index in [-0.39, 0.29) is 0 Å². The second kappa shape index (κ2) is 9.21. The van der Waals surface area contributed by atoms with E-state index in [2.05, 4.69) is 15.0 Å². The van der Waals surface area contributed by atoms with Gasteiger partial charge < -0.3 is 10.0 Å². The van der Waals surface area contributed by atoms with E-state index in [0.717, 1.165) is 35.2 Å². The van der Waals surface area contributed by atoms with Crippen LogP contribution in [0.5, 0.6) is 0 Å². The Hall–Kier alpha value is -3.42. The van der Waals surface area contributed by atoms with Gasteiger partial charge in [0.15, 0.2) is 6.04 Å². The van der Waals surface area contributed by atoms with Gasteiger partial charge in [-0.25, -0.2) is 4.68 Å². The molecule has 7 nitrogen and oxygen atoms in total. The molecule has 1 fully saturated rings. The minimum Gasteiger partial charge on any atom is -0.480 e. The molecule has 4 aromatic rings. The van der Waals surface area contributed by atoms with Crippen LogP contribution in [0.1, 0.15) is 18.2 Å². The largest absolute Gasteiger partial charge is 0.480 e. The molecule has 3 heterocycles. The van der Waals surface area contributed by atoms with E-state index in [1.54, 1.807) is 16.9 Å². The molecule has 1 aliphatic heterocycles. The Kier molecular flexibility index (Phi) is 5.98. The molecular weight excluding hydrogens is 438 g/mol. The third kappa shape index (κ3) is 4.29. The number of nitrogens with zero attached hydrogens (tertiary/aromatic N) is 5. The number of aliphatic carboxylic acids is 1. The molecule has 168 valence electrons. The third-order valence-electron chi connectivity index (χ3n) is 6.06. The van der Waals surface area contributed by atoms with Crippen molar-refractivity contribution in [2.45, 2.75) is 12.5 Å². The van der Waals surface area contributed by atoms with Gasteiger partial charge in [-0.3, -0.25) is 14.7 Å². The number of pyridine rings is 1. The van der Waals surface area contributed by atoms with Crippen LogP contribution in [0, 0.1) is 0 Å². The molecule has 1 atom stereocenters. The summed E-state index contributed by atoms with van der Waals surface area (Å²) in [6.07, 6.45) is 4.39. The number of carboxylic acid groups (broad SMARTS) is 1. The summed E-state index contributed by atoms with van der Waals surface area (Å²) in [6.45, 7) is 2.66. The van der Waals surface area contributed by atoms with Crippen LogP contribution < -0.4 is 4.90 Å². The van der Waals surface area contributed by atoms with Crippen LogP contribution in [0.25, 0.3) is 16.6 Å². The van der Waals surface area contributed by atoms with Crippen molar-refractivity contribution < 1.29 is 9.90 Å². The zero-order chi connectivity index (χ0) is 22.8. The van der Waals surface area contributed by atoms with Crippen LogP contribution in [0.4, 0.5) is 5.69 Å². The van der Waals surface area contributed by atoms with Crippen molar-refractivity contribution in [1.82, 2.24) is 19.7 Å². The van der Waals surface area contributed by atoms with Gasteiger partial charge in [0, 0.05) is 44.0 Å². The van der Waals surface area contributed by atoms with Crippen LogP contribution in [-0.4, -0.2) is 56.9 Å². The molecule has 8 heteroatoms. The lowest BCUT2D eigenvalue weighted by Gasteiger charge is -2.27. The topological polar surface area (TPSA) is 74.5 Å². The van der Waals surface area contributed by atoms with Crippen molar-refractivity contribution in [3.63, 3.8) is 0 Å². The zero-order valence-electron chi connectivity index (χ0n) is 18.0. The molecule has 0 saturated carbocycles. The van der Waals surface area contributed by atoms with Crippen LogP contribution in [0.3, 0.4) is 0 Å². The fraction of sp³-hybridized carbons (Fsp3) is 0.240. The molecule has 0 spiro atoms. The van der Waals surface area contributed by atoms with E-state index >= 15 is 0 Å². The Morgan fingerprint density at radius 2 is 1.82 bits per heavy atom. The van der Waals surface area contributed by atoms with Crippen LogP contribution in [0.15, 0.2) is 73.1 Å². The number of aromatic nitrogens is 3. The summed E-state index contributed by atoms with van der Waals surface area (Å²) in [5, 5.41) is 16.4. The number of hydrogen-bond donors (Lipinski definition) is 1. The molecule has 1 unspecified atom stereocenters. The van der Waals surface area contributed by atoms with E-state index in [4.69, 9.17) is 11.6 Å². The maximum Gasteiger partial charge on any atom is 0.327 e. The smallest absolute Gasteiger partial charge is 0.327 e. The molecule has 0 amide bonds. The monoisotopic (exact) mass is 461 g/mol. The van der Waals surface area contributed by atoms with Crippen LogP contribution in [0.2, 0.25) is 5.02 Å². The predicted molar refractivity (Wildman–Crippen MR) is 129 cm³/mol. The van der Waals surface area contributed by atoms with Crippen LogP contribution in [-0.2, 0) is 4.79 Å². The molecule has 5 rings (SSSR count). The molecule has 1 aliphatic rings. The maximum absolute atomic E-state index is 12.3. The highest BCUT2D eigenvalue weighted by molar-refractivity contribution is 6.34. The Morgan fingerprint density at radius 1 is 0.970 bits per heavy atom. The first-order valence-electron chi connectivity index (χ1n) is 11.0. The second-order valence-corrected chi connectivity index (χ2v) is 8.52. The highest BCUT2D eigenvalue weighted by atomic mass is 35.5. The van der Waals surface area contributed by atoms with Gasteiger partial charge in [0.2, 0.25) is 0 Å². The highest BCUT2D eigenvalue weighted by Crippen LogP contribution is 2.34. The maximum atomic E-state index is 12.3. The number of fused-ring (bicyclic) bond motifs is 1.